The summed E-state index contributed by atoms with van der Waals surface area (Å²) in [6, 6.07) is 0. The van der Waals surface area contributed by atoms with Gasteiger partial charge in [0.05, 0.1) is 0 Å². The van der Waals surface area contributed by atoms with Crippen LogP contribution in [0, 0.1) is 0 Å². The Bertz CT molecular complexity index is 1140. The fourth-order valence-corrected chi connectivity index (χ4v) is 5.95. The maximum atomic E-state index is 12.7. The summed E-state index contributed by atoms with van der Waals surface area (Å²) in [6.45, 7) is 6.28. The monoisotopic (exact) mass is 793 g/mol. The smallest absolute Gasteiger partial charge is 0.306 e. The highest BCUT2D eigenvalue weighted by Crippen LogP contribution is 2.13. The highest BCUT2D eigenvalue weighted by atomic mass is 16.6. The third-order valence-electron chi connectivity index (χ3n) is 9.36. The molecule has 0 aliphatic rings. The van der Waals surface area contributed by atoms with Crippen molar-refractivity contribution in [3.63, 3.8) is 0 Å². The molecule has 0 aliphatic heterocycles. The molecule has 1 unspecified atom stereocenters. The molecule has 0 radical (unpaired) electrons. The van der Waals surface area contributed by atoms with E-state index in [-0.39, 0.29) is 44.0 Å². The summed E-state index contributed by atoms with van der Waals surface area (Å²) in [5.41, 5.74) is 0. The van der Waals surface area contributed by atoms with Crippen LogP contribution < -0.4 is 0 Å². The van der Waals surface area contributed by atoms with E-state index in [0.717, 1.165) is 70.6 Å². The number of carbonyl (C=O) groups is 3. The predicted molar refractivity (Wildman–Crippen MR) is 242 cm³/mol. The van der Waals surface area contributed by atoms with Gasteiger partial charge in [0, 0.05) is 19.3 Å². The fourth-order valence-electron chi connectivity index (χ4n) is 5.95. The second-order valence-electron chi connectivity index (χ2n) is 14.9. The minimum Gasteiger partial charge on any atom is -0.462 e. The summed E-state index contributed by atoms with van der Waals surface area (Å²) in [7, 11) is 0. The lowest BCUT2D eigenvalue weighted by Crippen LogP contribution is -2.30. The molecule has 1 atom stereocenters. The normalized spacial score (nSPS) is 12.8. The average molecular weight is 793 g/mol. The molecule has 0 saturated heterocycles. The summed E-state index contributed by atoms with van der Waals surface area (Å²) in [4.78, 5) is 37.7. The van der Waals surface area contributed by atoms with Crippen molar-refractivity contribution in [1.29, 1.82) is 0 Å². The number of ether oxygens (including phenoxy) is 3. The van der Waals surface area contributed by atoms with E-state index in [1.54, 1.807) is 0 Å². The molecule has 324 valence electrons. The Morgan fingerprint density at radius 1 is 0.368 bits per heavy atom. The predicted octanol–water partition coefficient (Wildman–Crippen LogP) is 14.9. The Balaban J connectivity index is 4.45. The lowest BCUT2D eigenvalue weighted by Gasteiger charge is -2.18. The zero-order valence-corrected chi connectivity index (χ0v) is 36.8. The van der Waals surface area contributed by atoms with E-state index >= 15 is 0 Å². The molecule has 0 aliphatic carbocycles. The van der Waals surface area contributed by atoms with E-state index in [9.17, 15) is 14.4 Å². The molecular formula is C51H84O6. The van der Waals surface area contributed by atoms with E-state index in [2.05, 4.69) is 106 Å². The lowest BCUT2D eigenvalue weighted by molar-refractivity contribution is -0.167. The van der Waals surface area contributed by atoms with Crippen LogP contribution in [0.3, 0.4) is 0 Å². The largest absolute Gasteiger partial charge is 0.462 e. The number of unbranched alkanes of at least 4 members (excludes halogenated alkanes) is 15. The van der Waals surface area contributed by atoms with E-state index in [1.165, 1.54) is 77.0 Å². The molecule has 0 aromatic carbocycles. The molecule has 0 bridgehead atoms. The molecule has 0 fully saturated rings. The van der Waals surface area contributed by atoms with Crippen molar-refractivity contribution in [1.82, 2.24) is 0 Å². The highest BCUT2D eigenvalue weighted by molar-refractivity contribution is 5.71. The molecule has 6 nitrogen and oxygen atoms in total. The number of esters is 3. The Kier molecular flexibility index (Phi) is 42.6. The van der Waals surface area contributed by atoms with Gasteiger partial charge in [-0.1, -0.05) is 170 Å². The van der Waals surface area contributed by atoms with Gasteiger partial charge < -0.3 is 14.2 Å². The molecule has 0 saturated carbocycles. The van der Waals surface area contributed by atoms with Gasteiger partial charge in [0.25, 0.3) is 0 Å². The third-order valence-corrected chi connectivity index (χ3v) is 9.36. The van der Waals surface area contributed by atoms with Gasteiger partial charge >= 0.3 is 17.9 Å². The molecule has 57 heavy (non-hydrogen) atoms. The Labute approximate surface area is 350 Å². The molecule has 0 spiro atoms. The van der Waals surface area contributed by atoms with Crippen LogP contribution in [0.4, 0.5) is 0 Å². The van der Waals surface area contributed by atoms with Crippen molar-refractivity contribution in [3.8, 4) is 0 Å². The van der Waals surface area contributed by atoms with E-state index in [1.807, 2.05) is 0 Å². The molecule has 0 N–H and O–H groups in total. The number of hydrogen-bond donors (Lipinski definition) is 0. The van der Waals surface area contributed by atoms with Crippen molar-refractivity contribution in [2.24, 2.45) is 0 Å². The summed E-state index contributed by atoms with van der Waals surface area (Å²) in [6.07, 6.45) is 57.3. The molecule has 0 amide bonds. The minimum atomic E-state index is -0.822. The van der Waals surface area contributed by atoms with Crippen LogP contribution in [0.25, 0.3) is 0 Å². The first kappa shape index (κ1) is 53.6. The number of allylic oxidation sites excluding steroid dienone is 14. The summed E-state index contributed by atoms with van der Waals surface area (Å²) in [5.74, 6) is -1.04. The summed E-state index contributed by atoms with van der Waals surface area (Å²) >= 11 is 0. The summed E-state index contributed by atoms with van der Waals surface area (Å²) in [5, 5.41) is 0. The van der Waals surface area contributed by atoms with Crippen LogP contribution in [0.15, 0.2) is 85.1 Å². The van der Waals surface area contributed by atoms with Crippen LogP contribution in [0.1, 0.15) is 201 Å². The maximum Gasteiger partial charge on any atom is 0.306 e. The second kappa shape index (κ2) is 45.3. The van der Waals surface area contributed by atoms with Crippen LogP contribution in [-0.2, 0) is 28.6 Å². The van der Waals surface area contributed by atoms with Gasteiger partial charge in [0.2, 0.25) is 0 Å². The zero-order chi connectivity index (χ0) is 41.5. The van der Waals surface area contributed by atoms with Crippen molar-refractivity contribution in [2.75, 3.05) is 13.2 Å². The van der Waals surface area contributed by atoms with Crippen LogP contribution in [0.5, 0.6) is 0 Å². The molecule has 0 aromatic heterocycles. The number of hydrogen-bond acceptors (Lipinski definition) is 6. The van der Waals surface area contributed by atoms with Gasteiger partial charge in [-0.15, -0.1) is 0 Å². The van der Waals surface area contributed by atoms with Crippen molar-refractivity contribution in [3.05, 3.63) is 85.1 Å². The molecule has 0 rings (SSSR count). The first-order chi connectivity index (χ1) is 28.0. The number of rotatable bonds is 40. The van der Waals surface area contributed by atoms with E-state index in [4.69, 9.17) is 14.2 Å². The highest BCUT2D eigenvalue weighted by Gasteiger charge is 2.19. The van der Waals surface area contributed by atoms with Gasteiger partial charge in [-0.05, 0) is 96.3 Å². The molecule has 6 heteroatoms. The van der Waals surface area contributed by atoms with Crippen LogP contribution >= 0.6 is 0 Å². The SMILES string of the molecule is CC/C=C\C/C=C\C/C=C\CCCC(=O)OCC(COC(=O)CCCCCCCCC/C=C\CCCCCCCC)OC(=O)CCC/C=C\C/C=C\C/C=C\CC. The second-order valence-corrected chi connectivity index (χ2v) is 14.9. The fraction of sp³-hybridized carbons (Fsp3) is 0.667. The first-order valence-corrected chi connectivity index (χ1v) is 23.1. The van der Waals surface area contributed by atoms with E-state index < -0.39 is 6.10 Å². The molecule has 0 aromatic rings. The van der Waals surface area contributed by atoms with E-state index in [0.29, 0.717) is 19.3 Å². The third kappa shape index (κ3) is 43.6. The van der Waals surface area contributed by atoms with Crippen LogP contribution in [-0.4, -0.2) is 37.2 Å². The quantitative estimate of drug-likeness (QED) is 0.0266. The number of carbonyl (C=O) groups excluding carboxylic acids is 3. The van der Waals surface area contributed by atoms with Crippen molar-refractivity contribution >= 4 is 17.9 Å². The topological polar surface area (TPSA) is 78.9 Å². The zero-order valence-electron chi connectivity index (χ0n) is 36.8. The lowest BCUT2D eigenvalue weighted by atomic mass is 10.1. The first-order valence-electron chi connectivity index (χ1n) is 23.1. The summed E-state index contributed by atoms with van der Waals surface area (Å²) < 4.78 is 16.6. The van der Waals surface area contributed by atoms with Crippen molar-refractivity contribution in [2.45, 2.75) is 207 Å². The minimum absolute atomic E-state index is 0.116. The standard InChI is InChI=1S/C51H84O6/c1-4-7-10-13-16-19-22-23-24-25-26-27-30-32-35-38-41-44-50(53)56-47-48(57-51(54)45-42-39-36-33-29-21-18-15-12-9-6-3)46-55-49(52)43-40-37-34-31-28-20-17-14-11-8-5-2/h8-9,11-12,17-18,20-21,23-24,31,33-34,36,48H,4-7,10,13-16,19,22,25-30,32,35,37-47H2,1-3H3/b11-8-,12-9-,20-17-,21-18-,24-23-,34-31-,36-33-. The van der Waals surface area contributed by atoms with Gasteiger partial charge in [0.1, 0.15) is 13.2 Å². The van der Waals surface area contributed by atoms with Crippen LogP contribution in [0.2, 0.25) is 0 Å². The average Bonchev–Trinajstić information content (AvgIpc) is 3.21. The van der Waals surface area contributed by atoms with Crippen molar-refractivity contribution < 1.29 is 28.6 Å². The van der Waals surface area contributed by atoms with Gasteiger partial charge in [-0.3, -0.25) is 14.4 Å². The molecular weight excluding hydrogens is 709 g/mol. The maximum absolute atomic E-state index is 12.7. The Hall–Kier alpha value is -3.41. The van der Waals surface area contributed by atoms with Gasteiger partial charge in [0.15, 0.2) is 6.10 Å². The van der Waals surface area contributed by atoms with Gasteiger partial charge in [-0.2, -0.15) is 0 Å². The molecule has 0 heterocycles. The Morgan fingerprint density at radius 2 is 0.702 bits per heavy atom. The van der Waals surface area contributed by atoms with Gasteiger partial charge in [-0.25, -0.2) is 0 Å². The Morgan fingerprint density at radius 3 is 1.16 bits per heavy atom.